The summed E-state index contributed by atoms with van der Waals surface area (Å²) in [7, 11) is 3.31. The van der Waals surface area contributed by atoms with E-state index < -0.39 is 0 Å². The molecule has 0 unspecified atom stereocenters. The normalized spacial score (nSPS) is 15.2. The molecule has 2 aromatic rings. The van der Waals surface area contributed by atoms with Crippen molar-refractivity contribution < 1.29 is 14.3 Å². The smallest absolute Gasteiger partial charge is 0.244 e. The van der Waals surface area contributed by atoms with Gasteiger partial charge in [0.15, 0.2) is 17.5 Å². The number of aliphatic imine (C=N–C) groups is 1. The van der Waals surface area contributed by atoms with E-state index in [1.165, 1.54) is 22.3 Å². The van der Waals surface area contributed by atoms with Crippen LogP contribution in [0.3, 0.4) is 0 Å². The molecule has 0 saturated carbocycles. The van der Waals surface area contributed by atoms with Crippen molar-refractivity contribution in [1.82, 2.24) is 15.1 Å². The number of fused-ring (bicyclic) bond motifs is 2. The number of hydrogen-bond acceptors (Lipinski definition) is 4. The van der Waals surface area contributed by atoms with E-state index in [0.29, 0.717) is 13.1 Å². The number of carbonyl (C=O) groups is 1. The molecule has 0 fully saturated rings. The number of nitrogens with one attached hydrogen (secondary N) is 1. The highest BCUT2D eigenvalue weighted by Gasteiger charge is 2.23. The minimum Gasteiger partial charge on any atom is -0.493 e. The topological polar surface area (TPSA) is 66.4 Å². The number of amides is 1. The fraction of sp³-hybridized carbons (Fsp3) is 0.440. The Morgan fingerprint density at radius 2 is 1.55 bits per heavy atom. The van der Waals surface area contributed by atoms with Crippen LogP contribution in [0.1, 0.15) is 29.2 Å². The number of ether oxygens (including phenoxy) is 2. The van der Waals surface area contributed by atoms with Crippen LogP contribution in [0.5, 0.6) is 11.5 Å². The van der Waals surface area contributed by atoms with Gasteiger partial charge in [0.2, 0.25) is 5.91 Å². The first-order valence-corrected chi connectivity index (χ1v) is 11.2. The zero-order chi connectivity index (χ0) is 22.5. The zero-order valence-electron chi connectivity index (χ0n) is 19.6. The summed E-state index contributed by atoms with van der Waals surface area (Å²) < 4.78 is 10.9. The summed E-state index contributed by atoms with van der Waals surface area (Å²) in [5.74, 6) is 2.34. The summed E-state index contributed by atoms with van der Waals surface area (Å²) in [6.45, 7) is 5.91. The van der Waals surface area contributed by atoms with Gasteiger partial charge in [0.25, 0.3) is 0 Å². The van der Waals surface area contributed by atoms with Gasteiger partial charge in [-0.15, -0.1) is 24.0 Å². The first-order chi connectivity index (χ1) is 15.6. The Labute approximate surface area is 213 Å². The third-order valence-electron chi connectivity index (χ3n) is 6.20. The SMILES string of the molecule is CCNC(=NCC(=O)N1CCc2ccccc2C1)N1CCc2cc(OC)c(OC)cc2C1.I. The Morgan fingerprint density at radius 3 is 2.24 bits per heavy atom. The molecular formula is C25H33IN4O3. The fourth-order valence-corrected chi connectivity index (χ4v) is 4.44. The van der Waals surface area contributed by atoms with Gasteiger partial charge in [-0.05, 0) is 54.2 Å². The summed E-state index contributed by atoms with van der Waals surface area (Å²) in [6, 6.07) is 12.5. The van der Waals surface area contributed by atoms with E-state index in [0.717, 1.165) is 49.9 Å². The van der Waals surface area contributed by atoms with Crippen LogP contribution in [0.25, 0.3) is 0 Å². The highest BCUT2D eigenvalue weighted by molar-refractivity contribution is 14.0. The number of hydrogen-bond donors (Lipinski definition) is 1. The molecule has 0 aromatic heterocycles. The molecule has 7 nitrogen and oxygen atoms in total. The van der Waals surface area contributed by atoms with Gasteiger partial charge in [0.05, 0.1) is 14.2 Å². The van der Waals surface area contributed by atoms with Crippen LogP contribution < -0.4 is 14.8 Å². The van der Waals surface area contributed by atoms with Gasteiger partial charge in [-0.3, -0.25) is 4.79 Å². The lowest BCUT2D eigenvalue weighted by atomic mass is 9.99. The van der Waals surface area contributed by atoms with Gasteiger partial charge in [-0.1, -0.05) is 24.3 Å². The summed E-state index contributed by atoms with van der Waals surface area (Å²) in [6.07, 6.45) is 1.79. The van der Waals surface area contributed by atoms with Crippen molar-refractivity contribution >= 4 is 35.8 Å². The Hall–Kier alpha value is -2.49. The van der Waals surface area contributed by atoms with Crippen LogP contribution in [0.4, 0.5) is 0 Å². The first kappa shape index (κ1) is 25.1. The van der Waals surface area contributed by atoms with Crippen LogP contribution in [0.15, 0.2) is 41.4 Å². The molecule has 0 radical (unpaired) electrons. The number of guanidine groups is 1. The standard InChI is InChI=1S/C25H32N4O3.HI/c1-4-26-25(27-15-24(30)28-11-9-18-7-5-6-8-20(18)16-28)29-12-10-19-13-22(31-2)23(32-3)14-21(19)17-29;/h5-8,13-14H,4,9-12,15-17H2,1-3H3,(H,26,27);1H. The molecule has 4 rings (SSSR count). The molecule has 1 N–H and O–H groups in total. The van der Waals surface area contributed by atoms with E-state index in [1.54, 1.807) is 14.2 Å². The molecule has 2 aliphatic heterocycles. The molecule has 2 aromatic carbocycles. The van der Waals surface area contributed by atoms with Crippen LogP contribution in [-0.2, 0) is 30.7 Å². The molecule has 1 amide bonds. The monoisotopic (exact) mass is 564 g/mol. The van der Waals surface area contributed by atoms with Gasteiger partial charge < -0.3 is 24.6 Å². The molecule has 178 valence electrons. The lowest BCUT2D eigenvalue weighted by molar-refractivity contribution is -0.130. The van der Waals surface area contributed by atoms with Crippen molar-refractivity contribution in [2.75, 3.05) is 40.4 Å². The highest BCUT2D eigenvalue weighted by atomic mass is 127. The van der Waals surface area contributed by atoms with Crippen LogP contribution in [-0.4, -0.2) is 62.1 Å². The molecular weight excluding hydrogens is 531 g/mol. The van der Waals surface area contributed by atoms with E-state index in [2.05, 4.69) is 34.5 Å². The highest BCUT2D eigenvalue weighted by Crippen LogP contribution is 2.33. The molecule has 0 saturated heterocycles. The summed E-state index contributed by atoms with van der Waals surface area (Å²) in [5, 5.41) is 3.36. The average Bonchev–Trinajstić information content (AvgIpc) is 2.84. The molecule has 2 aliphatic rings. The minimum atomic E-state index is 0. The van der Waals surface area contributed by atoms with Crippen LogP contribution >= 0.6 is 24.0 Å². The minimum absolute atomic E-state index is 0. The van der Waals surface area contributed by atoms with E-state index in [-0.39, 0.29) is 36.4 Å². The summed E-state index contributed by atoms with van der Waals surface area (Å²) in [5.41, 5.74) is 5.03. The summed E-state index contributed by atoms with van der Waals surface area (Å²) in [4.78, 5) is 21.7. The Bertz CT molecular complexity index is 1010. The third-order valence-corrected chi connectivity index (χ3v) is 6.20. The van der Waals surface area contributed by atoms with Gasteiger partial charge in [0.1, 0.15) is 6.54 Å². The van der Waals surface area contributed by atoms with Crippen LogP contribution in [0.2, 0.25) is 0 Å². The molecule has 0 bridgehead atoms. The van der Waals surface area contributed by atoms with Crippen molar-refractivity contribution in [3.63, 3.8) is 0 Å². The molecule has 0 atom stereocenters. The third kappa shape index (κ3) is 5.72. The maximum Gasteiger partial charge on any atom is 0.244 e. The van der Waals surface area contributed by atoms with E-state index in [4.69, 9.17) is 14.5 Å². The molecule has 2 heterocycles. The Morgan fingerprint density at radius 1 is 0.939 bits per heavy atom. The molecule has 33 heavy (non-hydrogen) atoms. The van der Waals surface area contributed by atoms with E-state index in [1.807, 2.05) is 24.0 Å². The lowest BCUT2D eigenvalue weighted by Gasteiger charge is -2.32. The number of nitrogens with zero attached hydrogens (tertiary/aromatic N) is 3. The number of rotatable bonds is 5. The quantitative estimate of drug-likeness (QED) is 0.344. The second-order valence-corrected chi connectivity index (χ2v) is 8.15. The van der Waals surface area contributed by atoms with Gasteiger partial charge in [-0.25, -0.2) is 4.99 Å². The van der Waals surface area contributed by atoms with Crippen molar-refractivity contribution in [2.24, 2.45) is 4.99 Å². The van der Waals surface area contributed by atoms with Gasteiger partial charge >= 0.3 is 0 Å². The molecule has 0 spiro atoms. The van der Waals surface area contributed by atoms with Gasteiger partial charge in [0, 0.05) is 32.7 Å². The number of halogens is 1. The van der Waals surface area contributed by atoms with Crippen molar-refractivity contribution in [2.45, 2.75) is 32.9 Å². The zero-order valence-corrected chi connectivity index (χ0v) is 21.9. The van der Waals surface area contributed by atoms with Crippen LogP contribution in [0, 0.1) is 0 Å². The second kappa shape index (κ2) is 11.6. The van der Waals surface area contributed by atoms with Crippen molar-refractivity contribution in [3.05, 3.63) is 58.7 Å². The Kier molecular flexibility index (Phi) is 8.82. The maximum atomic E-state index is 12.9. The predicted octanol–water partition coefficient (Wildman–Crippen LogP) is 3.23. The second-order valence-electron chi connectivity index (χ2n) is 8.15. The largest absolute Gasteiger partial charge is 0.493 e. The van der Waals surface area contributed by atoms with E-state index in [9.17, 15) is 4.79 Å². The Balaban J connectivity index is 0.00000306. The molecule has 0 aliphatic carbocycles. The van der Waals surface area contributed by atoms with E-state index >= 15 is 0 Å². The first-order valence-electron chi connectivity index (χ1n) is 11.2. The van der Waals surface area contributed by atoms with Crippen molar-refractivity contribution in [1.29, 1.82) is 0 Å². The van der Waals surface area contributed by atoms with Crippen molar-refractivity contribution in [3.8, 4) is 11.5 Å². The average molecular weight is 564 g/mol. The number of carbonyl (C=O) groups excluding carboxylic acids is 1. The van der Waals surface area contributed by atoms with Gasteiger partial charge in [-0.2, -0.15) is 0 Å². The lowest BCUT2D eigenvalue weighted by Crippen LogP contribution is -2.45. The number of methoxy groups -OCH3 is 2. The summed E-state index contributed by atoms with van der Waals surface area (Å²) >= 11 is 0. The maximum absolute atomic E-state index is 12.9. The molecule has 8 heteroatoms. The number of benzene rings is 2. The predicted molar refractivity (Wildman–Crippen MR) is 141 cm³/mol. The fourth-order valence-electron chi connectivity index (χ4n) is 4.44.